The maximum atomic E-state index is 13.3. The van der Waals surface area contributed by atoms with Crippen molar-refractivity contribution in [2.45, 2.75) is 6.92 Å². The molecule has 10 nitrogen and oxygen atoms in total. The van der Waals surface area contributed by atoms with Gasteiger partial charge in [-0.3, -0.25) is 14.6 Å². The van der Waals surface area contributed by atoms with Crippen molar-refractivity contribution >= 4 is 40.5 Å². The Kier molecular flexibility index (Phi) is 9.75. The van der Waals surface area contributed by atoms with E-state index in [1.54, 1.807) is 24.4 Å². The normalized spacial score (nSPS) is 13.0. The minimum atomic E-state index is -0.362. The number of hydrogen-bond donors (Lipinski definition) is 3. The highest BCUT2D eigenvalue weighted by Crippen LogP contribution is 2.27. The lowest BCUT2D eigenvalue weighted by atomic mass is 10.0. The number of carbonyl (C=O) groups excluding carboxylic acids is 2. The largest absolute Gasteiger partial charge is 0.369 e. The Bertz CT molecular complexity index is 2150. The van der Waals surface area contributed by atoms with Gasteiger partial charge in [-0.05, 0) is 79.2 Å². The van der Waals surface area contributed by atoms with Crippen molar-refractivity contribution in [2.75, 3.05) is 54.1 Å². The van der Waals surface area contributed by atoms with Gasteiger partial charge in [0.25, 0.3) is 11.8 Å². The van der Waals surface area contributed by atoms with Crippen LogP contribution in [0.3, 0.4) is 0 Å². The number of benzene rings is 4. The van der Waals surface area contributed by atoms with Gasteiger partial charge in [-0.1, -0.05) is 60.7 Å². The number of anilines is 5. The summed E-state index contributed by atoms with van der Waals surface area (Å²) in [7, 11) is 2.16. The fourth-order valence-corrected chi connectivity index (χ4v) is 5.93. The van der Waals surface area contributed by atoms with Crippen LogP contribution in [0.1, 0.15) is 26.3 Å². The number of piperazine rings is 1. The first-order valence-corrected chi connectivity index (χ1v) is 16.9. The third-order valence-electron chi connectivity index (χ3n) is 8.94. The Labute approximate surface area is 297 Å². The molecule has 4 aromatic carbocycles. The smallest absolute Gasteiger partial charge is 0.257 e. The van der Waals surface area contributed by atoms with Gasteiger partial charge in [-0.15, -0.1) is 0 Å². The summed E-state index contributed by atoms with van der Waals surface area (Å²) >= 11 is 0. The minimum absolute atomic E-state index is 0.294. The molecule has 0 atom stereocenters. The number of rotatable bonds is 9. The Balaban J connectivity index is 0.989. The molecule has 0 aliphatic carbocycles. The quantitative estimate of drug-likeness (QED) is 0.144. The fraction of sp³-hybridized carbons (Fsp3) is 0.146. The lowest BCUT2D eigenvalue weighted by Crippen LogP contribution is -2.44. The zero-order valence-electron chi connectivity index (χ0n) is 28.5. The van der Waals surface area contributed by atoms with Crippen molar-refractivity contribution in [3.05, 3.63) is 144 Å². The fourth-order valence-electron chi connectivity index (χ4n) is 5.93. The average molecular weight is 675 g/mol. The zero-order valence-corrected chi connectivity index (χ0v) is 28.5. The molecule has 1 aliphatic rings. The van der Waals surface area contributed by atoms with E-state index >= 15 is 0 Å². The Morgan fingerprint density at radius 1 is 0.667 bits per heavy atom. The minimum Gasteiger partial charge on any atom is -0.369 e. The molecule has 51 heavy (non-hydrogen) atoms. The summed E-state index contributed by atoms with van der Waals surface area (Å²) in [6.07, 6.45) is 4.71. The molecule has 2 amide bonds. The van der Waals surface area contributed by atoms with E-state index < -0.39 is 0 Å². The maximum Gasteiger partial charge on any atom is 0.257 e. The topological polar surface area (TPSA) is 115 Å². The maximum absolute atomic E-state index is 13.3. The molecule has 0 saturated carbocycles. The van der Waals surface area contributed by atoms with Crippen LogP contribution in [-0.2, 0) is 0 Å². The molecule has 3 heterocycles. The van der Waals surface area contributed by atoms with Gasteiger partial charge >= 0.3 is 0 Å². The van der Waals surface area contributed by atoms with Crippen LogP contribution in [0.15, 0.2) is 128 Å². The van der Waals surface area contributed by atoms with Crippen LogP contribution >= 0.6 is 0 Å². The second kappa shape index (κ2) is 15.0. The molecule has 0 unspecified atom stereocenters. The Morgan fingerprint density at radius 2 is 1.35 bits per heavy atom. The number of nitrogens with one attached hydrogen (secondary N) is 3. The SMILES string of the molecule is Cc1ccc(NC(=O)c2cncc(NC(=O)c3ccc(-c4ccccc4)cc3)c2)cc1Nc1nccc(-c2ccc(N3CCN(C)CC3)cc2)n1. The summed E-state index contributed by atoms with van der Waals surface area (Å²) in [5.41, 5.74) is 8.63. The third-order valence-corrected chi connectivity index (χ3v) is 8.94. The third kappa shape index (κ3) is 8.09. The molecule has 3 N–H and O–H groups in total. The Hall–Kier alpha value is -6.39. The Morgan fingerprint density at radius 3 is 2.12 bits per heavy atom. The molecule has 1 aliphatic heterocycles. The molecule has 0 spiro atoms. The van der Waals surface area contributed by atoms with E-state index in [1.807, 2.05) is 73.7 Å². The number of likely N-dealkylation sites (N-methyl/N-ethyl adjacent to an activating group) is 1. The van der Waals surface area contributed by atoms with Crippen molar-refractivity contribution in [1.82, 2.24) is 19.9 Å². The van der Waals surface area contributed by atoms with Crippen molar-refractivity contribution < 1.29 is 9.59 Å². The molecule has 1 fully saturated rings. The van der Waals surface area contributed by atoms with Crippen LogP contribution in [0, 0.1) is 6.92 Å². The molecule has 6 aromatic rings. The first-order valence-electron chi connectivity index (χ1n) is 16.9. The van der Waals surface area contributed by atoms with E-state index in [0.717, 1.165) is 59.8 Å². The highest BCUT2D eigenvalue weighted by Gasteiger charge is 2.15. The van der Waals surface area contributed by atoms with E-state index in [1.165, 1.54) is 18.1 Å². The number of pyridine rings is 1. The predicted molar refractivity (Wildman–Crippen MR) is 204 cm³/mol. The molecule has 254 valence electrons. The number of amides is 2. The first-order chi connectivity index (χ1) is 24.9. The highest BCUT2D eigenvalue weighted by molar-refractivity contribution is 6.07. The van der Waals surface area contributed by atoms with Crippen LogP contribution in [0.4, 0.5) is 28.7 Å². The van der Waals surface area contributed by atoms with E-state index in [-0.39, 0.29) is 11.8 Å². The van der Waals surface area contributed by atoms with Gasteiger partial charge in [0.1, 0.15) is 0 Å². The lowest BCUT2D eigenvalue weighted by molar-refractivity contribution is 0.101. The summed E-state index contributed by atoms with van der Waals surface area (Å²) in [5, 5.41) is 9.10. The van der Waals surface area contributed by atoms with Gasteiger partial charge < -0.3 is 25.8 Å². The second-order valence-corrected chi connectivity index (χ2v) is 12.6. The molecular formula is C41H38N8O2. The molecule has 2 aromatic heterocycles. The van der Waals surface area contributed by atoms with E-state index in [4.69, 9.17) is 4.98 Å². The highest BCUT2D eigenvalue weighted by atomic mass is 16.2. The van der Waals surface area contributed by atoms with Gasteiger partial charge in [-0.25, -0.2) is 9.97 Å². The van der Waals surface area contributed by atoms with Crippen LogP contribution in [0.2, 0.25) is 0 Å². The summed E-state index contributed by atoms with van der Waals surface area (Å²) in [6.45, 7) is 6.12. The van der Waals surface area contributed by atoms with E-state index in [9.17, 15) is 9.59 Å². The van der Waals surface area contributed by atoms with Crippen LogP contribution in [-0.4, -0.2) is 64.9 Å². The summed E-state index contributed by atoms with van der Waals surface area (Å²) in [4.78, 5) is 44.4. The first kappa shape index (κ1) is 33.1. The van der Waals surface area contributed by atoms with Gasteiger partial charge in [0, 0.05) is 66.8 Å². The van der Waals surface area contributed by atoms with Crippen molar-refractivity contribution in [2.24, 2.45) is 0 Å². The number of nitrogens with zero attached hydrogens (tertiary/aromatic N) is 5. The van der Waals surface area contributed by atoms with Crippen molar-refractivity contribution in [3.8, 4) is 22.4 Å². The number of carbonyl (C=O) groups is 2. The van der Waals surface area contributed by atoms with Gasteiger partial charge in [-0.2, -0.15) is 0 Å². The molecule has 0 bridgehead atoms. The second-order valence-electron chi connectivity index (χ2n) is 12.6. The van der Waals surface area contributed by atoms with Crippen LogP contribution in [0.5, 0.6) is 0 Å². The van der Waals surface area contributed by atoms with Crippen LogP contribution < -0.4 is 20.9 Å². The monoisotopic (exact) mass is 674 g/mol. The number of aryl methyl sites for hydroxylation is 1. The molecule has 0 radical (unpaired) electrons. The molecular weight excluding hydrogens is 637 g/mol. The van der Waals surface area contributed by atoms with E-state index in [2.05, 4.69) is 67.0 Å². The lowest BCUT2D eigenvalue weighted by Gasteiger charge is -2.34. The predicted octanol–water partition coefficient (Wildman–Crippen LogP) is 7.51. The zero-order chi connectivity index (χ0) is 35.2. The van der Waals surface area contributed by atoms with Gasteiger partial charge in [0.2, 0.25) is 5.95 Å². The molecule has 1 saturated heterocycles. The summed E-state index contributed by atoms with van der Waals surface area (Å²) in [5.74, 6) is -0.208. The van der Waals surface area contributed by atoms with Gasteiger partial charge in [0.15, 0.2) is 0 Å². The number of hydrogen-bond acceptors (Lipinski definition) is 8. The standard InChI is InChI=1S/C41H38N8O2/c1-28-8-15-34(25-38(28)47-41-43-19-18-37(46-41)31-13-16-36(17-14-31)49-22-20-48(2)21-23-49)44-40(51)33-24-35(27-42-26-33)45-39(50)32-11-9-30(10-12-32)29-6-4-3-5-7-29/h3-19,24-27H,20-23H2,1-2H3,(H,44,51)(H,45,50)(H,43,46,47). The average Bonchev–Trinajstić information content (AvgIpc) is 3.17. The van der Waals surface area contributed by atoms with Crippen LogP contribution in [0.25, 0.3) is 22.4 Å². The molecule has 10 heteroatoms. The van der Waals surface area contributed by atoms with E-state index in [0.29, 0.717) is 28.5 Å². The summed E-state index contributed by atoms with van der Waals surface area (Å²) < 4.78 is 0. The number of aromatic nitrogens is 3. The van der Waals surface area contributed by atoms with Crippen molar-refractivity contribution in [1.29, 1.82) is 0 Å². The molecule has 7 rings (SSSR count). The van der Waals surface area contributed by atoms with Gasteiger partial charge in [0.05, 0.1) is 23.1 Å². The summed E-state index contributed by atoms with van der Waals surface area (Å²) in [6, 6.07) is 34.9. The van der Waals surface area contributed by atoms with Crippen molar-refractivity contribution in [3.63, 3.8) is 0 Å².